The van der Waals surface area contributed by atoms with Gasteiger partial charge in [-0.15, -0.1) is 0 Å². The van der Waals surface area contributed by atoms with E-state index < -0.39 is 8.32 Å². The first kappa shape index (κ1) is 23.8. The van der Waals surface area contributed by atoms with Crippen molar-refractivity contribution in [2.75, 3.05) is 0 Å². The summed E-state index contributed by atoms with van der Waals surface area (Å²) in [6, 6.07) is 0. The summed E-state index contributed by atoms with van der Waals surface area (Å²) in [5.74, 6) is 0. The predicted molar refractivity (Wildman–Crippen MR) is 113 cm³/mol. The van der Waals surface area contributed by atoms with Gasteiger partial charge in [0.15, 0.2) is 8.32 Å². The summed E-state index contributed by atoms with van der Waals surface area (Å²) in [6.45, 7) is 13.8. The van der Waals surface area contributed by atoms with E-state index in [2.05, 4.69) is 40.8 Å². The van der Waals surface area contributed by atoms with Gasteiger partial charge in [0, 0.05) is 0 Å². The summed E-state index contributed by atoms with van der Waals surface area (Å²) in [6.07, 6.45) is 14.5. The van der Waals surface area contributed by atoms with Crippen LogP contribution in [0.2, 0.25) is 18.1 Å². The lowest BCUT2D eigenvalue weighted by Gasteiger charge is -2.40. The molecule has 26 heavy (non-hydrogen) atoms. The van der Waals surface area contributed by atoms with Gasteiger partial charge in [-0.1, -0.05) is 79.1 Å². The summed E-state index contributed by atoms with van der Waals surface area (Å²) >= 11 is 0. The second kappa shape index (κ2) is 11.6. The molecular weight excluding hydrogens is 340 g/mol. The maximum absolute atomic E-state index is 11.1. The number of carbonyl (C=O) groups is 1. The zero-order valence-electron chi connectivity index (χ0n) is 18.3. The molecule has 1 aliphatic rings. The van der Waals surface area contributed by atoms with Gasteiger partial charge in [-0.2, -0.15) is 0 Å². The molecule has 3 atom stereocenters. The van der Waals surface area contributed by atoms with E-state index in [0.717, 1.165) is 25.5 Å². The maximum Gasteiger partial charge on any atom is 0.192 e. The van der Waals surface area contributed by atoms with Crippen LogP contribution in [0.4, 0.5) is 0 Å². The minimum absolute atomic E-state index is 0.101. The van der Waals surface area contributed by atoms with Gasteiger partial charge in [-0.25, -0.2) is 0 Å². The third-order valence-electron chi connectivity index (χ3n) is 6.25. The molecule has 0 spiro atoms. The molecular formula is C22H44O3Si. The Balaban J connectivity index is 2.47. The van der Waals surface area contributed by atoms with Crippen molar-refractivity contribution in [2.24, 2.45) is 0 Å². The van der Waals surface area contributed by atoms with Crippen LogP contribution in [-0.2, 0) is 14.0 Å². The third-order valence-corrected chi connectivity index (χ3v) is 10.8. The minimum Gasteiger partial charge on any atom is -0.411 e. The van der Waals surface area contributed by atoms with Crippen LogP contribution in [0, 0.1) is 0 Å². The van der Waals surface area contributed by atoms with Crippen LogP contribution < -0.4 is 0 Å². The first-order chi connectivity index (χ1) is 12.2. The Bertz CT molecular complexity index is 389. The number of unbranched alkanes of at least 4 members (excludes halogenated alkanes) is 7. The van der Waals surface area contributed by atoms with E-state index in [1.54, 1.807) is 0 Å². The van der Waals surface area contributed by atoms with E-state index in [0.29, 0.717) is 0 Å². The van der Waals surface area contributed by atoms with Crippen molar-refractivity contribution in [3.8, 4) is 0 Å². The predicted octanol–water partition coefficient (Wildman–Crippen LogP) is 6.65. The Hall–Kier alpha value is -0.193. The van der Waals surface area contributed by atoms with Crippen LogP contribution in [0.3, 0.4) is 0 Å². The van der Waals surface area contributed by atoms with Gasteiger partial charge in [0.05, 0.1) is 12.2 Å². The lowest BCUT2D eigenvalue weighted by atomic mass is 10.0. The number of carbonyl (C=O) groups excluding carboxylic acids is 1. The van der Waals surface area contributed by atoms with Crippen LogP contribution in [0.1, 0.15) is 98.3 Å². The second-order valence-electron chi connectivity index (χ2n) is 9.61. The average Bonchev–Trinajstić information content (AvgIpc) is 3.04. The summed E-state index contributed by atoms with van der Waals surface area (Å²) in [7, 11) is -1.83. The molecule has 0 aromatic carbocycles. The molecule has 0 saturated carbocycles. The highest BCUT2D eigenvalue weighted by molar-refractivity contribution is 6.74. The highest BCUT2D eigenvalue weighted by Crippen LogP contribution is 2.39. The van der Waals surface area contributed by atoms with E-state index >= 15 is 0 Å². The SMILES string of the molecule is CCCCCCCCCC[C@@H](O[Si](C)(C)C(C)(C)C)[C@H]1CC[C@@H](C=O)O1. The van der Waals surface area contributed by atoms with Crippen LogP contribution in [0.5, 0.6) is 0 Å². The van der Waals surface area contributed by atoms with Crippen LogP contribution in [0.15, 0.2) is 0 Å². The van der Waals surface area contributed by atoms with Crippen molar-refractivity contribution in [3.63, 3.8) is 0 Å². The smallest absolute Gasteiger partial charge is 0.192 e. The van der Waals surface area contributed by atoms with E-state index in [1.807, 2.05) is 0 Å². The Kier molecular flexibility index (Phi) is 10.6. The molecule has 0 N–H and O–H groups in total. The van der Waals surface area contributed by atoms with Gasteiger partial charge in [0.25, 0.3) is 0 Å². The van der Waals surface area contributed by atoms with Crippen molar-refractivity contribution in [1.29, 1.82) is 0 Å². The summed E-state index contributed by atoms with van der Waals surface area (Å²) < 4.78 is 12.7. The van der Waals surface area contributed by atoms with E-state index in [9.17, 15) is 4.79 Å². The molecule has 1 aliphatic heterocycles. The average molecular weight is 385 g/mol. The molecule has 0 unspecified atom stereocenters. The molecule has 0 aromatic rings. The molecule has 1 rings (SSSR count). The Morgan fingerprint density at radius 1 is 1.04 bits per heavy atom. The first-order valence-corrected chi connectivity index (χ1v) is 13.9. The Morgan fingerprint density at radius 2 is 1.62 bits per heavy atom. The van der Waals surface area contributed by atoms with Crippen molar-refractivity contribution < 1.29 is 14.0 Å². The van der Waals surface area contributed by atoms with Gasteiger partial charge in [-0.3, -0.25) is 0 Å². The molecule has 4 heteroatoms. The van der Waals surface area contributed by atoms with Gasteiger partial charge in [0.1, 0.15) is 12.4 Å². The molecule has 0 aromatic heterocycles. The molecule has 0 aliphatic carbocycles. The fraction of sp³-hybridized carbons (Fsp3) is 0.955. The molecule has 1 saturated heterocycles. The topological polar surface area (TPSA) is 35.5 Å². The van der Waals surface area contributed by atoms with Crippen molar-refractivity contribution in [3.05, 3.63) is 0 Å². The molecule has 1 fully saturated rings. The number of ether oxygens (including phenoxy) is 1. The zero-order valence-corrected chi connectivity index (χ0v) is 19.3. The minimum atomic E-state index is -1.83. The molecule has 0 bridgehead atoms. The standard InChI is InChI=1S/C22H44O3Si/c1-7-8-9-10-11-12-13-14-15-21(20-17-16-19(18-23)24-20)25-26(5,6)22(2,3)4/h18-21H,7-17H2,1-6H3/t19-,20+,21+/m0/s1. The summed E-state index contributed by atoms with van der Waals surface area (Å²) in [5.41, 5.74) is 0. The largest absolute Gasteiger partial charge is 0.411 e. The number of hydrogen-bond acceptors (Lipinski definition) is 3. The maximum atomic E-state index is 11.1. The van der Waals surface area contributed by atoms with Gasteiger partial charge in [0.2, 0.25) is 0 Å². The van der Waals surface area contributed by atoms with E-state index in [4.69, 9.17) is 9.16 Å². The van der Waals surface area contributed by atoms with Gasteiger partial charge >= 0.3 is 0 Å². The lowest BCUT2D eigenvalue weighted by Crippen LogP contribution is -2.47. The first-order valence-electron chi connectivity index (χ1n) is 11.0. The Labute approximate surface area is 163 Å². The monoisotopic (exact) mass is 384 g/mol. The van der Waals surface area contributed by atoms with E-state index in [1.165, 1.54) is 51.4 Å². The van der Waals surface area contributed by atoms with Crippen LogP contribution in [0.25, 0.3) is 0 Å². The molecule has 154 valence electrons. The second-order valence-corrected chi connectivity index (χ2v) is 14.4. The summed E-state index contributed by atoms with van der Waals surface area (Å²) in [5, 5.41) is 0.202. The fourth-order valence-corrected chi connectivity index (χ4v) is 4.80. The quantitative estimate of drug-likeness (QED) is 0.202. The van der Waals surface area contributed by atoms with Crippen LogP contribution >= 0.6 is 0 Å². The highest BCUT2D eigenvalue weighted by atomic mass is 28.4. The zero-order chi connectivity index (χ0) is 19.6. The molecule has 3 nitrogen and oxygen atoms in total. The number of rotatable bonds is 13. The fourth-order valence-electron chi connectivity index (χ4n) is 3.42. The van der Waals surface area contributed by atoms with Gasteiger partial charge < -0.3 is 14.0 Å². The normalized spacial score (nSPS) is 22.5. The Morgan fingerprint density at radius 3 is 2.12 bits per heavy atom. The lowest BCUT2D eigenvalue weighted by molar-refractivity contribution is -0.119. The number of hydrogen-bond donors (Lipinski definition) is 0. The molecule has 0 radical (unpaired) electrons. The van der Waals surface area contributed by atoms with E-state index in [-0.39, 0.29) is 23.4 Å². The number of aldehydes is 1. The molecule has 0 amide bonds. The van der Waals surface area contributed by atoms with Crippen molar-refractivity contribution >= 4 is 14.6 Å². The van der Waals surface area contributed by atoms with Crippen molar-refractivity contribution in [1.82, 2.24) is 0 Å². The third kappa shape index (κ3) is 8.22. The van der Waals surface area contributed by atoms with Gasteiger partial charge in [-0.05, 0) is 37.4 Å². The summed E-state index contributed by atoms with van der Waals surface area (Å²) in [4.78, 5) is 11.1. The molecule has 1 heterocycles. The van der Waals surface area contributed by atoms with Crippen molar-refractivity contribution in [2.45, 2.75) is 135 Å². The highest BCUT2D eigenvalue weighted by Gasteiger charge is 2.42. The van der Waals surface area contributed by atoms with Crippen LogP contribution in [-0.4, -0.2) is 32.9 Å².